The third-order valence-corrected chi connectivity index (χ3v) is 3.76. The van der Waals surface area contributed by atoms with Crippen LogP contribution in [0.5, 0.6) is 0 Å². The number of unbranched alkanes of at least 4 members (excludes halogenated alkanes) is 2. The van der Waals surface area contributed by atoms with Crippen molar-refractivity contribution in [3.63, 3.8) is 0 Å². The maximum absolute atomic E-state index is 12.9. The molecule has 20 heavy (non-hydrogen) atoms. The quantitative estimate of drug-likeness (QED) is 0.777. The Kier molecular flexibility index (Phi) is 5.53. The van der Waals surface area contributed by atoms with Gasteiger partial charge in [0.15, 0.2) is 0 Å². The maximum atomic E-state index is 12.9. The smallest absolute Gasteiger partial charge is 0.228 e. The van der Waals surface area contributed by atoms with Gasteiger partial charge in [0.2, 0.25) is 5.91 Å². The fraction of sp³-hybridized carbons (Fsp3) is 0.562. The van der Waals surface area contributed by atoms with E-state index in [1.54, 1.807) is 12.1 Å². The number of halogens is 1. The SMILES string of the molecule is CCCCCN(Cc1ccc(F)cc1)C(=O)C1CNC1. The zero-order valence-electron chi connectivity index (χ0n) is 12.1. The third-order valence-electron chi connectivity index (χ3n) is 3.76. The van der Waals surface area contributed by atoms with Crippen molar-refractivity contribution in [1.29, 1.82) is 0 Å². The summed E-state index contributed by atoms with van der Waals surface area (Å²) in [5.74, 6) is 0.113. The van der Waals surface area contributed by atoms with Crippen LogP contribution >= 0.6 is 0 Å². The molecule has 1 fully saturated rings. The number of carbonyl (C=O) groups is 1. The van der Waals surface area contributed by atoms with Gasteiger partial charge in [0.05, 0.1) is 5.92 Å². The van der Waals surface area contributed by atoms with Gasteiger partial charge in [-0.2, -0.15) is 0 Å². The van der Waals surface area contributed by atoms with Crippen LogP contribution in [0.1, 0.15) is 31.7 Å². The van der Waals surface area contributed by atoms with E-state index in [0.717, 1.165) is 44.5 Å². The number of rotatable bonds is 7. The summed E-state index contributed by atoms with van der Waals surface area (Å²) in [7, 11) is 0. The molecule has 1 amide bonds. The van der Waals surface area contributed by atoms with Crippen molar-refractivity contribution in [3.05, 3.63) is 35.6 Å². The van der Waals surface area contributed by atoms with Crippen LogP contribution in [0, 0.1) is 11.7 Å². The molecular weight excluding hydrogens is 255 g/mol. The van der Waals surface area contributed by atoms with E-state index in [2.05, 4.69) is 12.2 Å². The van der Waals surface area contributed by atoms with E-state index in [1.165, 1.54) is 12.1 Å². The first kappa shape index (κ1) is 15.0. The Morgan fingerprint density at radius 2 is 2.00 bits per heavy atom. The van der Waals surface area contributed by atoms with Crippen molar-refractivity contribution in [2.45, 2.75) is 32.7 Å². The van der Waals surface area contributed by atoms with Gasteiger partial charge < -0.3 is 10.2 Å². The number of benzene rings is 1. The molecule has 0 aromatic heterocycles. The molecule has 0 atom stereocenters. The zero-order chi connectivity index (χ0) is 14.4. The van der Waals surface area contributed by atoms with E-state index in [1.807, 2.05) is 4.90 Å². The number of amides is 1. The van der Waals surface area contributed by atoms with Gasteiger partial charge in [0, 0.05) is 26.2 Å². The highest BCUT2D eigenvalue weighted by Crippen LogP contribution is 2.14. The predicted octanol–water partition coefficient (Wildman–Crippen LogP) is 2.56. The Labute approximate surface area is 120 Å². The molecule has 0 bridgehead atoms. The lowest BCUT2D eigenvalue weighted by Gasteiger charge is -2.32. The summed E-state index contributed by atoms with van der Waals surface area (Å²) in [4.78, 5) is 14.3. The molecule has 4 heteroatoms. The first-order chi connectivity index (χ1) is 9.70. The lowest BCUT2D eigenvalue weighted by Crippen LogP contribution is -2.52. The molecule has 0 aliphatic carbocycles. The number of hydrogen-bond acceptors (Lipinski definition) is 2. The van der Waals surface area contributed by atoms with Crippen molar-refractivity contribution >= 4 is 5.91 Å². The van der Waals surface area contributed by atoms with Gasteiger partial charge in [0.25, 0.3) is 0 Å². The molecule has 1 aromatic carbocycles. The average Bonchev–Trinajstić information content (AvgIpc) is 2.38. The fourth-order valence-electron chi connectivity index (χ4n) is 2.35. The number of nitrogens with zero attached hydrogens (tertiary/aromatic N) is 1. The molecule has 0 unspecified atom stereocenters. The first-order valence-corrected chi connectivity index (χ1v) is 7.44. The molecule has 110 valence electrons. The third kappa shape index (κ3) is 4.04. The van der Waals surface area contributed by atoms with Crippen molar-refractivity contribution in [2.75, 3.05) is 19.6 Å². The van der Waals surface area contributed by atoms with E-state index in [4.69, 9.17) is 0 Å². The van der Waals surface area contributed by atoms with Crippen LogP contribution in [-0.2, 0) is 11.3 Å². The predicted molar refractivity (Wildman–Crippen MR) is 77.7 cm³/mol. The van der Waals surface area contributed by atoms with Crippen LogP contribution in [0.2, 0.25) is 0 Å². The number of hydrogen-bond donors (Lipinski definition) is 1. The summed E-state index contributed by atoms with van der Waals surface area (Å²) >= 11 is 0. The summed E-state index contributed by atoms with van der Waals surface area (Å²) in [5.41, 5.74) is 0.989. The molecule has 1 heterocycles. The van der Waals surface area contributed by atoms with Gasteiger partial charge in [-0.1, -0.05) is 31.9 Å². The van der Waals surface area contributed by atoms with Crippen molar-refractivity contribution in [3.8, 4) is 0 Å². The molecule has 1 aliphatic heterocycles. The van der Waals surface area contributed by atoms with Gasteiger partial charge in [-0.3, -0.25) is 4.79 Å². The Hall–Kier alpha value is -1.42. The highest BCUT2D eigenvalue weighted by atomic mass is 19.1. The second-order valence-corrected chi connectivity index (χ2v) is 5.45. The lowest BCUT2D eigenvalue weighted by molar-refractivity contribution is -0.137. The molecular formula is C16H23FN2O. The molecule has 2 rings (SSSR count). The Balaban J connectivity index is 1.97. The molecule has 1 aromatic rings. The van der Waals surface area contributed by atoms with E-state index in [0.29, 0.717) is 6.54 Å². The summed E-state index contributed by atoms with van der Waals surface area (Å²) in [6.07, 6.45) is 3.31. The highest BCUT2D eigenvalue weighted by molar-refractivity contribution is 5.80. The summed E-state index contributed by atoms with van der Waals surface area (Å²) in [6, 6.07) is 6.42. The van der Waals surface area contributed by atoms with Crippen LogP contribution in [0.4, 0.5) is 4.39 Å². The first-order valence-electron chi connectivity index (χ1n) is 7.44. The number of nitrogens with one attached hydrogen (secondary N) is 1. The van der Waals surface area contributed by atoms with Gasteiger partial charge in [-0.15, -0.1) is 0 Å². The molecule has 0 saturated carbocycles. The molecule has 1 N–H and O–H groups in total. The lowest BCUT2D eigenvalue weighted by atomic mass is 10.0. The van der Waals surface area contributed by atoms with Crippen molar-refractivity contribution < 1.29 is 9.18 Å². The average molecular weight is 278 g/mol. The largest absolute Gasteiger partial charge is 0.338 e. The second kappa shape index (κ2) is 7.39. The van der Waals surface area contributed by atoms with Crippen molar-refractivity contribution in [1.82, 2.24) is 10.2 Å². The van der Waals surface area contributed by atoms with Gasteiger partial charge in [0.1, 0.15) is 5.82 Å². The molecule has 3 nitrogen and oxygen atoms in total. The normalized spacial score (nSPS) is 14.9. The van der Waals surface area contributed by atoms with Crippen molar-refractivity contribution in [2.24, 2.45) is 5.92 Å². The Bertz CT molecular complexity index is 429. The van der Waals surface area contributed by atoms with E-state index < -0.39 is 0 Å². The minimum Gasteiger partial charge on any atom is -0.338 e. The standard InChI is InChI=1S/C16H23FN2O/c1-2-3-4-9-19(16(20)14-10-18-11-14)12-13-5-7-15(17)8-6-13/h5-8,14,18H,2-4,9-12H2,1H3. The molecule has 1 saturated heterocycles. The zero-order valence-corrected chi connectivity index (χ0v) is 12.1. The van der Waals surface area contributed by atoms with Crippen LogP contribution in [-0.4, -0.2) is 30.4 Å². The molecule has 1 aliphatic rings. The van der Waals surface area contributed by atoms with Crippen LogP contribution < -0.4 is 5.32 Å². The fourth-order valence-corrected chi connectivity index (χ4v) is 2.35. The monoisotopic (exact) mass is 278 g/mol. The maximum Gasteiger partial charge on any atom is 0.228 e. The van der Waals surface area contributed by atoms with Gasteiger partial charge >= 0.3 is 0 Å². The minimum atomic E-state index is -0.235. The minimum absolute atomic E-state index is 0.122. The van der Waals surface area contributed by atoms with Crippen LogP contribution in [0.25, 0.3) is 0 Å². The van der Waals surface area contributed by atoms with Gasteiger partial charge in [-0.25, -0.2) is 4.39 Å². The van der Waals surface area contributed by atoms with Crippen LogP contribution in [0.15, 0.2) is 24.3 Å². The second-order valence-electron chi connectivity index (χ2n) is 5.45. The number of carbonyl (C=O) groups excluding carboxylic acids is 1. The summed E-state index contributed by atoms with van der Waals surface area (Å²) < 4.78 is 12.9. The Morgan fingerprint density at radius 1 is 1.30 bits per heavy atom. The molecule has 0 spiro atoms. The van der Waals surface area contributed by atoms with E-state index >= 15 is 0 Å². The summed E-state index contributed by atoms with van der Waals surface area (Å²) in [6.45, 7) is 5.10. The van der Waals surface area contributed by atoms with E-state index in [9.17, 15) is 9.18 Å². The topological polar surface area (TPSA) is 32.3 Å². The highest BCUT2D eigenvalue weighted by Gasteiger charge is 2.28. The van der Waals surface area contributed by atoms with Gasteiger partial charge in [-0.05, 0) is 24.1 Å². The summed E-state index contributed by atoms with van der Waals surface area (Å²) in [5, 5.41) is 3.14. The van der Waals surface area contributed by atoms with Crippen LogP contribution in [0.3, 0.4) is 0 Å². The Morgan fingerprint density at radius 3 is 2.55 bits per heavy atom. The van der Waals surface area contributed by atoms with E-state index in [-0.39, 0.29) is 17.6 Å². The molecule has 0 radical (unpaired) electrons.